The maximum absolute atomic E-state index is 10.9. The lowest BCUT2D eigenvalue weighted by molar-refractivity contribution is -0.121. The average molecular weight is 200 g/mol. The Hall–Kier alpha value is -1.06. The molecule has 0 aliphatic heterocycles. The number of amides is 2. The van der Waals surface area contributed by atoms with E-state index in [-0.39, 0.29) is 11.8 Å². The monoisotopic (exact) mass is 200 g/mol. The van der Waals surface area contributed by atoms with Gasteiger partial charge in [0.05, 0.1) is 0 Å². The maximum Gasteiger partial charge on any atom is 0.219 e. The van der Waals surface area contributed by atoms with E-state index in [4.69, 9.17) is 0 Å². The van der Waals surface area contributed by atoms with Crippen LogP contribution in [0.2, 0.25) is 0 Å². The molecule has 1 atom stereocenters. The number of carbonyl (C=O) groups is 2. The fraction of sp³-hybridized carbons (Fsp3) is 0.800. The summed E-state index contributed by atoms with van der Waals surface area (Å²) in [4.78, 5) is 21.8. The van der Waals surface area contributed by atoms with Gasteiger partial charge in [0.25, 0.3) is 0 Å². The van der Waals surface area contributed by atoms with E-state index in [1.807, 2.05) is 13.8 Å². The van der Waals surface area contributed by atoms with Crippen molar-refractivity contribution in [3.05, 3.63) is 0 Å². The fourth-order valence-electron chi connectivity index (χ4n) is 1.02. The summed E-state index contributed by atoms with van der Waals surface area (Å²) in [7, 11) is 1.63. The molecule has 2 N–H and O–H groups in total. The molecule has 0 aromatic heterocycles. The summed E-state index contributed by atoms with van der Waals surface area (Å²) < 4.78 is 0. The first-order chi connectivity index (χ1) is 6.60. The molecule has 0 rings (SSSR count). The molecule has 82 valence electrons. The molecule has 0 fully saturated rings. The van der Waals surface area contributed by atoms with Crippen LogP contribution < -0.4 is 10.6 Å². The molecule has 0 aromatic carbocycles. The quantitative estimate of drug-likeness (QED) is 0.662. The summed E-state index contributed by atoms with van der Waals surface area (Å²) in [5.74, 6) is 0.471. The minimum Gasteiger partial charge on any atom is -0.359 e. The van der Waals surface area contributed by atoms with Crippen molar-refractivity contribution < 1.29 is 9.59 Å². The third kappa shape index (κ3) is 6.46. The number of hydrogen-bond acceptors (Lipinski definition) is 2. The lowest BCUT2D eigenvalue weighted by Crippen LogP contribution is -2.28. The number of hydrogen-bond donors (Lipinski definition) is 2. The van der Waals surface area contributed by atoms with Crippen molar-refractivity contribution >= 4 is 11.8 Å². The first kappa shape index (κ1) is 12.9. The third-order valence-electron chi connectivity index (χ3n) is 2.11. The van der Waals surface area contributed by atoms with E-state index in [1.54, 1.807) is 7.05 Å². The summed E-state index contributed by atoms with van der Waals surface area (Å²) >= 11 is 0. The van der Waals surface area contributed by atoms with Gasteiger partial charge >= 0.3 is 0 Å². The Morgan fingerprint density at radius 2 is 1.93 bits per heavy atom. The number of carbonyl (C=O) groups excluding carboxylic acids is 2. The normalized spacial score (nSPS) is 11.9. The zero-order chi connectivity index (χ0) is 11.0. The molecular formula is C10H20N2O2. The van der Waals surface area contributed by atoms with Gasteiger partial charge in [-0.25, -0.2) is 0 Å². The van der Waals surface area contributed by atoms with E-state index < -0.39 is 0 Å². The summed E-state index contributed by atoms with van der Waals surface area (Å²) in [6.45, 7) is 4.51. The van der Waals surface area contributed by atoms with Crippen LogP contribution in [0, 0.1) is 5.92 Å². The molecule has 0 saturated carbocycles. The molecule has 0 aromatic rings. The third-order valence-corrected chi connectivity index (χ3v) is 2.11. The summed E-state index contributed by atoms with van der Waals surface area (Å²) in [6, 6.07) is 0. The molecule has 4 heteroatoms. The van der Waals surface area contributed by atoms with Gasteiger partial charge in [0.2, 0.25) is 11.8 Å². The van der Waals surface area contributed by atoms with E-state index in [9.17, 15) is 9.59 Å². The van der Waals surface area contributed by atoms with Gasteiger partial charge in [-0.05, 0) is 12.3 Å². The minimum absolute atomic E-state index is 0.0543. The Kier molecular flexibility index (Phi) is 6.80. The molecule has 0 aliphatic rings. The second-order valence-corrected chi connectivity index (χ2v) is 3.47. The van der Waals surface area contributed by atoms with Crippen molar-refractivity contribution in [3.8, 4) is 0 Å². The first-order valence-electron chi connectivity index (χ1n) is 5.07. The Morgan fingerprint density at radius 3 is 2.43 bits per heavy atom. The Labute approximate surface area is 85.4 Å². The zero-order valence-corrected chi connectivity index (χ0v) is 9.22. The molecule has 0 bridgehead atoms. The van der Waals surface area contributed by atoms with E-state index in [2.05, 4.69) is 10.6 Å². The van der Waals surface area contributed by atoms with Gasteiger partial charge in [0.15, 0.2) is 0 Å². The summed E-state index contributed by atoms with van der Waals surface area (Å²) in [5.41, 5.74) is 0. The maximum atomic E-state index is 10.9. The molecule has 0 aliphatic carbocycles. The van der Waals surface area contributed by atoms with Crippen LogP contribution in [0.1, 0.15) is 33.1 Å². The highest BCUT2D eigenvalue weighted by atomic mass is 16.2. The van der Waals surface area contributed by atoms with Crippen molar-refractivity contribution in [2.45, 2.75) is 33.1 Å². The standard InChI is InChI=1S/C10H20N2O2/c1-4-9(13)12-7-8(2)5-6-10(14)11-3/h8H,4-7H2,1-3H3,(H,11,14)(H,12,13). The second-order valence-electron chi connectivity index (χ2n) is 3.47. The highest BCUT2D eigenvalue weighted by molar-refractivity contribution is 5.76. The van der Waals surface area contributed by atoms with E-state index in [0.717, 1.165) is 6.42 Å². The van der Waals surface area contributed by atoms with Crippen LogP contribution in [0.5, 0.6) is 0 Å². The SMILES string of the molecule is CCC(=O)NCC(C)CCC(=O)NC. The lowest BCUT2D eigenvalue weighted by atomic mass is 10.1. The van der Waals surface area contributed by atoms with E-state index >= 15 is 0 Å². The van der Waals surface area contributed by atoms with Crippen LogP contribution in [0.4, 0.5) is 0 Å². The topological polar surface area (TPSA) is 58.2 Å². The van der Waals surface area contributed by atoms with Crippen molar-refractivity contribution in [2.24, 2.45) is 5.92 Å². The van der Waals surface area contributed by atoms with E-state index in [1.165, 1.54) is 0 Å². The number of rotatable bonds is 6. The van der Waals surface area contributed by atoms with Crippen molar-refractivity contribution in [1.82, 2.24) is 10.6 Å². The highest BCUT2D eigenvalue weighted by Crippen LogP contribution is 2.03. The number of nitrogens with one attached hydrogen (secondary N) is 2. The van der Waals surface area contributed by atoms with Gasteiger partial charge in [-0.3, -0.25) is 9.59 Å². The molecule has 0 spiro atoms. The van der Waals surface area contributed by atoms with Crippen molar-refractivity contribution in [1.29, 1.82) is 0 Å². The predicted molar refractivity (Wildman–Crippen MR) is 55.8 cm³/mol. The van der Waals surface area contributed by atoms with Crippen LogP contribution in [0.25, 0.3) is 0 Å². The van der Waals surface area contributed by atoms with Gasteiger partial charge in [0.1, 0.15) is 0 Å². The molecule has 2 amide bonds. The van der Waals surface area contributed by atoms with Crippen LogP contribution in [-0.2, 0) is 9.59 Å². The second kappa shape index (κ2) is 7.35. The van der Waals surface area contributed by atoms with Crippen LogP contribution in [0.3, 0.4) is 0 Å². The van der Waals surface area contributed by atoms with Gasteiger partial charge in [0, 0.05) is 26.4 Å². The minimum atomic E-state index is 0.0543. The summed E-state index contributed by atoms with van der Waals surface area (Å²) in [5, 5.41) is 5.37. The predicted octanol–water partition coefficient (Wildman–Crippen LogP) is 0.675. The Balaban J connectivity index is 3.50. The van der Waals surface area contributed by atoms with E-state index in [0.29, 0.717) is 25.3 Å². The fourth-order valence-corrected chi connectivity index (χ4v) is 1.02. The van der Waals surface area contributed by atoms with Gasteiger partial charge in [-0.2, -0.15) is 0 Å². The largest absolute Gasteiger partial charge is 0.359 e. The molecule has 0 radical (unpaired) electrons. The van der Waals surface area contributed by atoms with Gasteiger partial charge < -0.3 is 10.6 Å². The average Bonchev–Trinajstić information content (AvgIpc) is 2.22. The van der Waals surface area contributed by atoms with Gasteiger partial charge in [-0.15, -0.1) is 0 Å². The molecular weight excluding hydrogens is 180 g/mol. The van der Waals surface area contributed by atoms with Crippen molar-refractivity contribution in [3.63, 3.8) is 0 Å². The lowest BCUT2D eigenvalue weighted by Gasteiger charge is -2.11. The van der Waals surface area contributed by atoms with Gasteiger partial charge in [-0.1, -0.05) is 13.8 Å². The highest BCUT2D eigenvalue weighted by Gasteiger charge is 2.06. The zero-order valence-electron chi connectivity index (χ0n) is 9.22. The van der Waals surface area contributed by atoms with Crippen LogP contribution >= 0.6 is 0 Å². The van der Waals surface area contributed by atoms with Crippen LogP contribution in [-0.4, -0.2) is 25.4 Å². The molecule has 1 unspecified atom stereocenters. The Bertz CT molecular complexity index is 173. The molecule has 0 heterocycles. The smallest absolute Gasteiger partial charge is 0.219 e. The van der Waals surface area contributed by atoms with Crippen LogP contribution in [0.15, 0.2) is 0 Å². The molecule has 0 saturated heterocycles. The molecule has 4 nitrogen and oxygen atoms in total. The summed E-state index contributed by atoms with van der Waals surface area (Å²) in [6.07, 6.45) is 1.85. The first-order valence-corrected chi connectivity index (χ1v) is 5.07. The molecule has 14 heavy (non-hydrogen) atoms. The Morgan fingerprint density at radius 1 is 1.29 bits per heavy atom. The van der Waals surface area contributed by atoms with Crippen molar-refractivity contribution in [2.75, 3.05) is 13.6 Å².